The van der Waals surface area contributed by atoms with E-state index in [0.717, 1.165) is 5.47 Å². The van der Waals surface area contributed by atoms with Crippen LogP contribution in [-0.2, 0) is 9.31 Å². The molecule has 0 aliphatic carbocycles. The predicted molar refractivity (Wildman–Crippen MR) is 83.8 cm³/mol. The molecule has 0 bridgehead atoms. The zero-order valence-corrected chi connectivity index (χ0v) is 14.0. The topological polar surface area (TPSA) is 42.3 Å². The van der Waals surface area contributed by atoms with Gasteiger partial charge in [0.1, 0.15) is 0 Å². The van der Waals surface area contributed by atoms with Crippen LogP contribution in [0.3, 0.4) is 0 Å². The van der Waals surface area contributed by atoms with Gasteiger partial charge in [0.05, 0.1) is 11.2 Å². The van der Waals surface area contributed by atoms with Gasteiger partial charge < -0.3 is 14.7 Å². The van der Waals surface area contributed by atoms with Crippen LogP contribution in [0.4, 0.5) is 0 Å². The number of rotatable bonds is 2. The highest BCUT2D eigenvalue weighted by Crippen LogP contribution is 2.38. The molecule has 0 aromatic carbocycles. The molecule has 1 aliphatic heterocycles. The maximum atomic E-state index is 7.23. The van der Waals surface area contributed by atoms with Crippen LogP contribution in [0.25, 0.3) is 0 Å². The van der Waals surface area contributed by atoms with Gasteiger partial charge in [-0.25, -0.2) is 0 Å². The number of hydrogen-bond donors (Lipinski definition) is 1. The number of hydrogen-bond acceptors (Lipinski definition) is 3. The minimum atomic E-state index is -0.400. The summed E-state index contributed by atoms with van der Waals surface area (Å²) in [5.74, 6) is 0. The number of allylic oxidation sites excluding steroid dienone is 2. The van der Waals surface area contributed by atoms with Crippen LogP contribution in [0, 0.1) is 10.8 Å². The van der Waals surface area contributed by atoms with Crippen molar-refractivity contribution in [1.29, 1.82) is 5.41 Å². The van der Waals surface area contributed by atoms with Gasteiger partial charge >= 0.3 is 7.12 Å². The van der Waals surface area contributed by atoms with E-state index in [1.54, 1.807) is 0 Å². The van der Waals surface area contributed by atoms with Crippen molar-refractivity contribution in [2.24, 2.45) is 5.41 Å². The smallest absolute Gasteiger partial charge is 0.399 e. The molecule has 1 fully saturated rings. The third-order valence-electron chi connectivity index (χ3n) is 3.03. The van der Waals surface area contributed by atoms with Crippen molar-refractivity contribution >= 4 is 13.3 Å². The molecule has 19 heavy (non-hydrogen) atoms. The molecule has 0 amide bonds. The minimum absolute atomic E-state index is 0.324. The molecule has 4 heteroatoms. The van der Waals surface area contributed by atoms with Gasteiger partial charge in [-0.1, -0.05) is 33.8 Å². The van der Waals surface area contributed by atoms with Crippen molar-refractivity contribution in [3.05, 3.63) is 11.5 Å². The van der Waals surface area contributed by atoms with Crippen molar-refractivity contribution < 1.29 is 9.31 Å². The maximum absolute atomic E-state index is 7.23. The third kappa shape index (κ3) is 5.92. The molecule has 0 radical (unpaired) electrons. The Labute approximate surface area is 119 Å². The first-order valence-corrected chi connectivity index (χ1v) is 6.86. The Hall–Kier alpha value is -0.605. The molecule has 1 heterocycles. The molecule has 110 valence electrons. The zero-order valence-electron chi connectivity index (χ0n) is 14.0. The largest absolute Gasteiger partial charge is 0.496 e. The number of nitrogens with one attached hydrogen (secondary N) is 1. The highest BCUT2D eigenvalue weighted by Gasteiger charge is 2.51. The van der Waals surface area contributed by atoms with Crippen LogP contribution in [0.5, 0.6) is 0 Å². The molecule has 0 aromatic rings. The minimum Gasteiger partial charge on any atom is -0.399 e. The van der Waals surface area contributed by atoms with E-state index < -0.39 is 7.12 Å². The van der Waals surface area contributed by atoms with Crippen LogP contribution >= 0.6 is 0 Å². The summed E-state index contributed by atoms with van der Waals surface area (Å²) in [5, 5.41) is 7.23. The average molecular weight is 267 g/mol. The molecule has 3 nitrogen and oxygen atoms in total. The van der Waals surface area contributed by atoms with Crippen molar-refractivity contribution in [3.8, 4) is 0 Å². The van der Waals surface area contributed by atoms with Gasteiger partial charge in [-0.2, -0.15) is 0 Å². The Morgan fingerprint density at radius 2 is 1.32 bits per heavy atom. The van der Waals surface area contributed by atoms with E-state index in [0.29, 0.717) is 5.41 Å². The van der Waals surface area contributed by atoms with Crippen molar-refractivity contribution in [2.45, 2.75) is 73.5 Å². The Balaban J connectivity index is 0.000000555. The first-order valence-electron chi connectivity index (χ1n) is 6.86. The highest BCUT2D eigenvalue weighted by atomic mass is 16.7. The summed E-state index contributed by atoms with van der Waals surface area (Å²) < 4.78 is 11.5. The molecular formula is C15H30BNO2. The second-order valence-corrected chi connectivity index (χ2v) is 7.52. The van der Waals surface area contributed by atoms with E-state index in [4.69, 9.17) is 14.7 Å². The normalized spacial score (nSPS) is 21.7. The summed E-state index contributed by atoms with van der Waals surface area (Å²) >= 11 is 0. The lowest BCUT2D eigenvalue weighted by Crippen LogP contribution is -2.41. The third-order valence-corrected chi connectivity index (χ3v) is 3.03. The Kier molecular flexibility index (Phi) is 6.03. The van der Waals surface area contributed by atoms with E-state index in [1.165, 1.54) is 6.21 Å². The lowest BCUT2D eigenvalue weighted by atomic mass is 9.79. The fourth-order valence-corrected chi connectivity index (χ4v) is 1.27. The van der Waals surface area contributed by atoms with E-state index in [-0.39, 0.29) is 11.2 Å². The molecular weight excluding hydrogens is 237 g/mol. The lowest BCUT2D eigenvalue weighted by molar-refractivity contribution is 0.00578. The molecule has 0 saturated carbocycles. The Morgan fingerprint density at radius 3 is 1.53 bits per heavy atom. The fraction of sp³-hybridized carbons (Fsp3) is 0.800. The van der Waals surface area contributed by atoms with Crippen LogP contribution in [0.1, 0.15) is 62.3 Å². The second-order valence-electron chi connectivity index (χ2n) is 7.52. The highest BCUT2D eigenvalue weighted by molar-refractivity contribution is 6.60. The van der Waals surface area contributed by atoms with Crippen molar-refractivity contribution in [3.63, 3.8) is 0 Å². The zero-order chi connectivity index (χ0) is 15.5. The summed E-state index contributed by atoms with van der Waals surface area (Å²) in [6.07, 6.45) is 3.12. The summed E-state index contributed by atoms with van der Waals surface area (Å²) in [6, 6.07) is 0. The molecule has 0 spiro atoms. The summed E-state index contributed by atoms with van der Waals surface area (Å²) in [6.45, 7) is 18.6. The fourth-order valence-electron chi connectivity index (χ4n) is 1.27. The molecule has 0 unspecified atom stereocenters. The van der Waals surface area contributed by atoms with Crippen LogP contribution < -0.4 is 0 Å². The van der Waals surface area contributed by atoms with Crippen molar-refractivity contribution in [1.82, 2.24) is 0 Å². The first-order chi connectivity index (χ1) is 8.34. The lowest BCUT2D eigenvalue weighted by Gasteiger charge is -2.32. The molecule has 0 atom stereocenters. The van der Waals surface area contributed by atoms with Gasteiger partial charge in [0.2, 0.25) is 0 Å². The van der Waals surface area contributed by atoms with Crippen LogP contribution in [0.2, 0.25) is 0 Å². The maximum Gasteiger partial charge on any atom is 0.496 e. The van der Waals surface area contributed by atoms with Crippen LogP contribution in [-0.4, -0.2) is 24.5 Å². The molecule has 1 rings (SSSR count). The average Bonchev–Trinajstić information content (AvgIpc) is 2.34. The second kappa shape index (κ2) is 6.23. The van der Waals surface area contributed by atoms with Crippen molar-refractivity contribution in [2.75, 3.05) is 0 Å². The van der Waals surface area contributed by atoms with Gasteiger partial charge in [-0.05, 0) is 45.5 Å². The van der Waals surface area contributed by atoms with Crippen LogP contribution in [0.15, 0.2) is 11.5 Å². The standard InChI is InChI=1S/C10H18BNO2.C5H12/c1-6-8(7-12)11-13-9(2,3)10(4,5)14-11;1-5(2,3)4/h6-7,12H,1-5H3;1-4H3/b8-6+,12-7?;. The van der Waals surface area contributed by atoms with E-state index in [9.17, 15) is 0 Å². The predicted octanol–water partition coefficient (Wildman–Crippen LogP) is 4.27. The van der Waals surface area contributed by atoms with E-state index >= 15 is 0 Å². The monoisotopic (exact) mass is 267 g/mol. The summed E-state index contributed by atoms with van der Waals surface area (Å²) in [5.41, 5.74) is 0.618. The summed E-state index contributed by atoms with van der Waals surface area (Å²) in [4.78, 5) is 0. The summed E-state index contributed by atoms with van der Waals surface area (Å²) in [7, 11) is -0.400. The van der Waals surface area contributed by atoms with Gasteiger partial charge in [0.15, 0.2) is 0 Å². The van der Waals surface area contributed by atoms with E-state index in [2.05, 4.69) is 27.7 Å². The van der Waals surface area contributed by atoms with Gasteiger partial charge in [-0.3, -0.25) is 0 Å². The van der Waals surface area contributed by atoms with Gasteiger partial charge in [0, 0.05) is 6.21 Å². The molecule has 1 aliphatic rings. The molecule has 1 saturated heterocycles. The SMILES string of the molecule is C/C=C(\C=N)B1OC(C)(C)C(C)(C)O1.CC(C)(C)C. The van der Waals surface area contributed by atoms with E-state index in [1.807, 2.05) is 40.7 Å². The first kappa shape index (κ1) is 18.4. The molecule has 1 N–H and O–H groups in total. The quantitative estimate of drug-likeness (QED) is 0.599. The van der Waals surface area contributed by atoms with Gasteiger partial charge in [0.25, 0.3) is 0 Å². The Morgan fingerprint density at radius 1 is 1.00 bits per heavy atom. The Bertz CT molecular complexity index is 319. The van der Waals surface area contributed by atoms with Gasteiger partial charge in [-0.15, -0.1) is 0 Å². The molecule has 0 aromatic heterocycles.